The first kappa shape index (κ1) is 19.3. The van der Waals surface area contributed by atoms with Crippen LogP contribution in [-0.4, -0.2) is 40.7 Å². The van der Waals surface area contributed by atoms with E-state index in [1.807, 2.05) is 12.1 Å². The normalized spacial score (nSPS) is 16.4. The number of nitrogens with zero attached hydrogens (tertiary/aromatic N) is 2. The number of likely N-dealkylation sites (N-methyl/N-ethyl adjacent to an activating group) is 1. The fourth-order valence-corrected chi connectivity index (χ4v) is 3.39. The highest BCUT2D eigenvalue weighted by Gasteiger charge is 2.30. The Morgan fingerprint density at radius 2 is 2.07 bits per heavy atom. The Balaban J connectivity index is 1.81. The molecular formula is C21H16N2O4S. The number of benzene rings is 2. The van der Waals surface area contributed by atoms with Crippen molar-refractivity contribution in [3.63, 3.8) is 0 Å². The molecule has 0 saturated carbocycles. The minimum atomic E-state index is -1.03. The summed E-state index contributed by atoms with van der Waals surface area (Å²) in [5.74, 6) is 1.85. The minimum Gasteiger partial charge on any atom is -0.481 e. The van der Waals surface area contributed by atoms with Gasteiger partial charge in [-0.15, -0.1) is 6.42 Å². The SMILES string of the molecule is C#CCOc1ccc(/C=C2\SC(=Nc3cccc(C(=O)O)c3)N(C)C2=O)cc1. The number of aromatic carboxylic acids is 1. The summed E-state index contributed by atoms with van der Waals surface area (Å²) in [7, 11) is 1.63. The molecule has 28 heavy (non-hydrogen) atoms. The number of terminal acetylenes is 1. The standard InChI is InChI=1S/C21H16N2O4S/c1-3-11-27-17-9-7-14(8-10-17)12-18-19(24)23(2)21(28-18)22-16-6-4-5-15(13-16)20(25)26/h1,4-10,12-13H,11H2,2H3,(H,25,26)/b18-12-,22-21?. The number of carboxylic acid groups (broad SMARTS) is 1. The van der Waals surface area contributed by atoms with Gasteiger partial charge in [0, 0.05) is 7.05 Å². The van der Waals surface area contributed by atoms with Gasteiger partial charge in [0.05, 0.1) is 16.2 Å². The van der Waals surface area contributed by atoms with Crippen molar-refractivity contribution in [1.82, 2.24) is 4.90 Å². The molecule has 1 N–H and O–H groups in total. The van der Waals surface area contributed by atoms with Crippen molar-refractivity contribution in [1.29, 1.82) is 0 Å². The van der Waals surface area contributed by atoms with E-state index in [9.17, 15) is 9.59 Å². The molecule has 1 aliphatic heterocycles. The Kier molecular flexibility index (Phi) is 5.82. The van der Waals surface area contributed by atoms with Gasteiger partial charge in [-0.25, -0.2) is 9.79 Å². The highest BCUT2D eigenvalue weighted by atomic mass is 32.2. The molecule has 0 atom stereocenters. The molecule has 1 amide bonds. The second-order valence-electron chi connectivity index (χ2n) is 5.79. The van der Waals surface area contributed by atoms with Crippen LogP contribution in [0.3, 0.4) is 0 Å². The molecule has 7 heteroatoms. The lowest BCUT2D eigenvalue weighted by Crippen LogP contribution is -2.23. The third kappa shape index (κ3) is 4.42. The first-order valence-corrected chi connectivity index (χ1v) is 9.05. The summed E-state index contributed by atoms with van der Waals surface area (Å²) in [5, 5.41) is 9.57. The lowest BCUT2D eigenvalue weighted by Gasteiger charge is -2.07. The quantitative estimate of drug-likeness (QED) is 0.621. The van der Waals surface area contributed by atoms with Gasteiger partial charge in [-0.1, -0.05) is 24.1 Å². The van der Waals surface area contributed by atoms with E-state index in [1.54, 1.807) is 37.4 Å². The van der Waals surface area contributed by atoms with Gasteiger partial charge in [-0.2, -0.15) is 0 Å². The number of rotatable bonds is 5. The topological polar surface area (TPSA) is 79.2 Å². The van der Waals surface area contributed by atoms with Crippen molar-refractivity contribution >= 4 is 40.6 Å². The van der Waals surface area contributed by atoms with Crippen LogP contribution in [0.25, 0.3) is 6.08 Å². The van der Waals surface area contributed by atoms with Gasteiger partial charge >= 0.3 is 5.97 Å². The van der Waals surface area contributed by atoms with Crippen molar-refractivity contribution < 1.29 is 19.4 Å². The van der Waals surface area contributed by atoms with E-state index in [1.165, 1.54) is 28.8 Å². The van der Waals surface area contributed by atoms with Crippen molar-refractivity contribution in [2.24, 2.45) is 4.99 Å². The van der Waals surface area contributed by atoms with E-state index in [-0.39, 0.29) is 18.1 Å². The van der Waals surface area contributed by atoms with E-state index >= 15 is 0 Å². The molecule has 6 nitrogen and oxygen atoms in total. The van der Waals surface area contributed by atoms with E-state index in [2.05, 4.69) is 10.9 Å². The molecule has 2 aromatic carbocycles. The van der Waals surface area contributed by atoms with Crippen molar-refractivity contribution in [2.75, 3.05) is 13.7 Å². The molecule has 0 bridgehead atoms. The van der Waals surface area contributed by atoms with Crippen LogP contribution in [0.5, 0.6) is 5.75 Å². The molecule has 0 unspecified atom stereocenters. The van der Waals surface area contributed by atoms with E-state index in [4.69, 9.17) is 16.3 Å². The van der Waals surface area contributed by atoms with Crippen LogP contribution in [0.2, 0.25) is 0 Å². The number of hydrogen-bond donors (Lipinski definition) is 1. The number of amidine groups is 1. The zero-order valence-electron chi connectivity index (χ0n) is 15.0. The van der Waals surface area contributed by atoms with E-state index < -0.39 is 5.97 Å². The number of aliphatic imine (C=N–C) groups is 1. The lowest BCUT2D eigenvalue weighted by molar-refractivity contribution is -0.121. The zero-order valence-corrected chi connectivity index (χ0v) is 15.8. The summed E-state index contributed by atoms with van der Waals surface area (Å²) in [5.41, 5.74) is 1.45. The maximum Gasteiger partial charge on any atom is 0.335 e. The average molecular weight is 392 g/mol. The zero-order chi connectivity index (χ0) is 20.1. The highest BCUT2D eigenvalue weighted by Crippen LogP contribution is 2.33. The van der Waals surface area contributed by atoms with Gasteiger partial charge < -0.3 is 9.84 Å². The summed E-state index contributed by atoms with van der Waals surface area (Å²) < 4.78 is 5.33. The predicted molar refractivity (Wildman–Crippen MR) is 110 cm³/mol. The Bertz CT molecular complexity index is 1020. The van der Waals surface area contributed by atoms with E-state index in [0.29, 0.717) is 21.5 Å². The first-order chi connectivity index (χ1) is 13.5. The molecule has 140 valence electrons. The summed E-state index contributed by atoms with van der Waals surface area (Å²) in [6.07, 6.45) is 6.93. The van der Waals surface area contributed by atoms with Gasteiger partial charge in [-0.05, 0) is 53.7 Å². The molecule has 0 aliphatic carbocycles. The summed E-state index contributed by atoms with van der Waals surface area (Å²) in [6.45, 7) is 0.197. The third-order valence-electron chi connectivity index (χ3n) is 3.82. The van der Waals surface area contributed by atoms with Crippen molar-refractivity contribution in [3.05, 3.63) is 64.6 Å². The number of carbonyl (C=O) groups is 2. The van der Waals surface area contributed by atoms with Gasteiger partial charge in [0.25, 0.3) is 5.91 Å². The summed E-state index contributed by atoms with van der Waals surface area (Å²) in [4.78, 5) is 30.0. The summed E-state index contributed by atoms with van der Waals surface area (Å²) >= 11 is 1.23. The molecule has 1 fully saturated rings. The number of amides is 1. The van der Waals surface area contributed by atoms with Gasteiger partial charge in [0.2, 0.25) is 0 Å². The van der Waals surface area contributed by atoms with Crippen LogP contribution in [0.4, 0.5) is 5.69 Å². The number of carboxylic acids is 1. The summed E-state index contributed by atoms with van der Waals surface area (Å²) in [6, 6.07) is 13.5. The molecule has 1 saturated heterocycles. The van der Waals surface area contributed by atoms with Crippen LogP contribution in [0, 0.1) is 12.3 Å². The fourth-order valence-electron chi connectivity index (χ4n) is 2.41. The average Bonchev–Trinajstić information content (AvgIpc) is 2.95. The largest absolute Gasteiger partial charge is 0.481 e. The molecule has 3 rings (SSSR count). The molecule has 1 heterocycles. The Hall–Kier alpha value is -3.50. The number of thioether (sulfide) groups is 1. The second kappa shape index (κ2) is 8.46. The van der Waals surface area contributed by atoms with Gasteiger partial charge in [0.1, 0.15) is 12.4 Å². The number of ether oxygens (including phenoxy) is 1. The van der Waals surface area contributed by atoms with Crippen LogP contribution in [0.1, 0.15) is 15.9 Å². The first-order valence-electron chi connectivity index (χ1n) is 8.24. The van der Waals surface area contributed by atoms with Crippen molar-refractivity contribution in [3.8, 4) is 18.1 Å². The maximum atomic E-state index is 12.5. The highest BCUT2D eigenvalue weighted by molar-refractivity contribution is 8.18. The van der Waals surface area contributed by atoms with Crippen LogP contribution >= 0.6 is 11.8 Å². The van der Waals surface area contributed by atoms with Crippen LogP contribution < -0.4 is 4.74 Å². The van der Waals surface area contributed by atoms with E-state index in [0.717, 1.165) is 5.56 Å². The molecule has 2 aromatic rings. The monoisotopic (exact) mass is 392 g/mol. The number of carbonyl (C=O) groups excluding carboxylic acids is 1. The Morgan fingerprint density at radius 1 is 1.32 bits per heavy atom. The molecule has 0 radical (unpaired) electrons. The minimum absolute atomic E-state index is 0.140. The van der Waals surface area contributed by atoms with Gasteiger partial charge in [-0.3, -0.25) is 9.69 Å². The van der Waals surface area contributed by atoms with Crippen LogP contribution in [-0.2, 0) is 4.79 Å². The second-order valence-corrected chi connectivity index (χ2v) is 6.80. The third-order valence-corrected chi connectivity index (χ3v) is 4.88. The smallest absolute Gasteiger partial charge is 0.335 e. The molecule has 0 aromatic heterocycles. The molecule has 0 spiro atoms. The molecular weight excluding hydrogens is 376 g/mol. The molecule has 1 aliphatic rings. The fraction of sp³-hybridized carbons (Fsp3) is 0.0952. The predicted octanol–water partition coefficient (Wildman–Crippen LogP) is 3.63. The Morgan fingerprint density at radius 3 is 2.75 bits per heavy atom. The van der Waals surface area contributed by atoms with Crippen molar-refractivity contribution in [2.45, 2.75) is 0 Å². The van der Waals surface area contributed by atoms with Gasteiger partial charge in [0.15, 0.2) is 5.17 Å². The lowest BCUT2D eigenvalue weighted by atomic mass is 10.2. The maximum absolute atomic E-state index is 12.5. The van der Waals surface area contributed by atoms with Crippen LogP contribution in [0.15, 0.2) is 58.4 Å². The Labute approximate surface area is 166 Å². The number of hydrogen-bond acceptors (Lipinski definition) is 5.